The van der Waals surface area contributed by atoms with E-state index in [2.05, 4.69) is 167 Å². The quantitative estimate of drug-likeness (QED) is 0.0261. The maximum Gasteiger partial charge on any atom is 0.306 e. The molecule has 1 unspecified atom stereocenters. The molecule has 470 valence electrons. The average Bonchev–Trinajstić information content (AvgIpc) is 3.49. The van der Waals surface area contributed by atoms with Gasteiger partial charge in [-0.3, -0.25) is 14.4 Å². The van der Waals surface area contributed by atoms with Gasteiger partial charge in [0.05, 0.1) is 0 Å². The predicted octanol–water partition coefficient (Wildman–Crippen LogP) is 23.9. The lowest BCUT2D eigenvalue weighted by atomic mass is 10.0. The second kappa shape index (κ2) is 69.8. The molecule has 1 atom stereocenters. The molecule has 0 aliphatic carbocycles. The van der Waals surface area contributed by atoms with Crippen molar-refractivity contribution in [3.8, 4) is 0 Å². The number of rotatable bonds is 61. The summed E-state index contributed by atoms with van der Waals surface area (Å²) in [7, 11) is 0. The van der Waals surface area contributed by atoms with Crippen molar-refractivity contribution in [2.24, 2.45) is 0 Å². The van der Waals surface area contributed by atoms with Gasteiger partial charge >= 0.3 is 17.9 Å². The Labute approximate surface area is 512 Å². The molecule has 0 N–H and O–H groups in total. The summed E-state index contributed by atoms with van der Waals surface area (Å²) in [5, 5.41) is 0. The van der Waals surface area contributed by atoms with Crippen molar-refractivity contribution in [3.05, 3.63) is 146 Å². The van der Waals surface area contributed by atoms with E-state index in [1.54, 1.807) is 0 Å². The minimum atomic E-state index is -0.805. The van der Waals surface area contributed by atoms with Gasteiger partial charge in [0, 0.05) is 19.3 Å². The lowest BCUT2D eigenvalue weighted by Gasteiger charge is -2.18. The SMILES string of the molecule is CC/C=C\C/C=C\C/C=C\C/C=C\C/C=C\C/C=C\C/C=C\C/C=C\CCCCC(=O)OCC(COC(=O)CCCCCCCCCCCCCCCCC)OC(=O)CCCCCCCCCCCC/C=C\C/C=C\C/C=C\C/C=C\CC. The molecule has 0 aromatic carbocycles. The van der Waals surface area contributed by atoms with Gasteiger partial charge in [0.15, 0.2) is 6.10 Å². The molecule has 0 amide bonds. The highest BCUT2D eigenvalue weighted by molar-refractivity contribution is 5.71. The first kappa shape index (κ1) is 78.3. The molecule has 0 fully saturated rings. The van der Waals surface area contributed by atoms with Crippen molar-refractivity contribution >= 4 is 17.9 Å². The zero-order valence-electron chi connectivity index (χ0n) is 53.9. The summed E-state index contributed by atoms with van der Waals surface area (Å²) in [5.41, 5.74) is 0. The van der Waals surface area contributed by atoms with Gasteiger partial charge in [-0.05, 0) is 122 Å². The molecule has 0 aromatic heterocycles. The van der Waals surface area contributed by atoms with Crippen LogP contribution >= 0.6 is 0 Å². The van der Waals surface area contributed by atoms with Crippen LogP contribution in [0.4, 0.5) is 0 Å². The summed E-state index contributed by atoms with van der Waals surface area (Å²) in [5.74, 6) is -0.939. The highest BCUT2D eigenvalue weighted by Crippen LogP contribution is 2.16. The van der Waals surface area contributed by atoms with Gasteiger partial charge in [-0.1, -0.05) is 308 Å². The van der Waals surface area contributed by atoms with Crippen molar-refractivity contribution in [1.29, 1.82) is 0 Å². The number of carbonyl (C=O) groups excluding carboxylic acids is 3. The summed E-state index contributed by atoms with van der Waals surface area (Å²) >= 11 is 0. The fourth-order valence-electron chi connectivity index (χ4n) is 9.27. The number of unbranched alkanes of at least 4 members (excludes halogenated alkanes) is 26. The Balaban J connectivity index is 4.46. The highest BCUT2D eigenvalue weighted by atomic mass is 16.6. The van der Waals surface area contributed by atoms with Gasteiger partial charge in [0.1, 0.15) is 13.2 Å². The van der Waals surface area contributed by atoms with Crippen molar-refractivity contribution in [2.75, 3.05) is 13.2 Å². The van der Waals surface area contributed by atoms with Crippen LogP contribution in [0.15, 0.2) is 146 Å². The third-order valence-electron chi connectivity index (χ3n) is 14.3. The van der Waals surface area contributed by atoms with Crippen LogP contribution in [0, 0.1) is 0 Å². The van der Waals surface area contributed by atoms with E-state index in [0.29, 0.717) is 25.7 Å². The van der Waals surface area contributed by atoms with Crippen molar-refractivity contribution in [2.45, 2.75) is 309 Å². The molecule has 83 heavy (non-hydrogen) atoms. The maximum absolute atomic E-state index is 13.0. The van der Waals surface area contributed by atoms with Crippen LogP contribution < -0.4 is 0 Å². The Morgan fingerprint density at radius 3 is 0.759 bits per heavy atom. The normalized spacial score (nSPS) is 13.0. The minimum Gasteiger partial charge on any atom is -0.462 e. The Bertz CT molecular complexity index is 1800. The van der Waals surface area contributed by atoms with Crippen molar-refractivity contribution in [1.82, 2.24) is 0 Å². The molecule has 0 bridgehead atoms. The van der Waals surface area contributed by atoms with Crippen LogP contribution in [-0.4, -0.2) is 37.2 Å². The molecule has 6 nitrogen and oxygen atoms in total. The fourth-order valence-corrected chi connectivity index (χ4v) is 9.27. The molecular formula is C77H126O6. The molecule has 0 radical (unpaired) electrons. The second-order valence-corrected chi connectivity index (χ2v) is 22.3. The minimum absolute atomic E-state index is 0.0956. The first-order chi connectivity index (χ1) is 41.0. The van der Waals surface area contributed by atoms with E-state index >= 15 is 0 Å². The second-order valence-electron chi connectivity index (χ2n) is 22.3. The maximum atomic E-state index is 13.0. The van der Waals surface area contributed by atoms with E-state index in [0.717, 1.165) is 128 Å². The summed E-state index contributed by atoms with van der Waals surface area (Å²) < 4.78 is 16.9. The molecule has 0 rings (SSSR count). The molecule has 0 spiro atoms. The lowest BCUT2D eigenvalue weighted by Crippen LogP contribution is -2.30. The van der Waals surface area contributed by atoms with Crippen LogP contribution in [0.5, 0.6) is 0 Å². The van der Waals surface area contributed by atoms with E-state index in [1.807, 2.05) is 0 Å². The number of esters is 3. The Morgan fingerprint density at radius 1 is 0.253 bits per heavy atom. The average molecular weight is 1150 g/mol. The first-order valence-corrected chi connectivity index (χ1v) is 34.3. The zero-order valence-corrected chi connectivity index (χ0v) is 53.9. The summed E-state index contributed by atoms with van der Waals surface area (Å²) in [6, 6.07) is 0. The molecule has 0 aliphatic heterocycles. The number of carbonyl (C=O) groups is 3. The molecule has 0 aromatic rings. The van der Waals surface area contributed by atoms with Crippen LogP contribution in [0.2, 0.25) is 0 Å². The third kappa shape index (κ3) is 68.0. The van der Waals surface area contributed by atoms with Gasteiger partial charge in [-0.25, -0.2) is 0 Å². The Morgan fingerprint density at radius 2 is 0.470 bits per heavy atom. The molecule has 0 aliphatic rings. The molecular weight excluding hydrogens is 1020 g/mol. The van der Waals surface area contributed by atoms with Gasteiger partial charge in [-0.2, -0.15) is 0 Å². The summed E-state index contributed by atoms with van der Waals surface area (Å²) in [6.07, 6.45) is 100. The number of hydrogen-bond donors (Lipinski definition) is 0. The number of allylic oxidation sites excluding steroid dienone is 24. The van der Waals surface area contributed by atoms with Gasteiger partial charge < -0.3 is 14.2 Å². The monoisotopic (exact) mass is 1150 g/mol. The largest absolute Gasteiger partial charge is 0.462 e. The molecule has 6 heteroatoms. The van der Waals surface area contributed by atoms with Crippen molar-refractivity contribution < 1.29 is 28.6 Å². The summed E-state index contributed by atoms with van der Waals surface area (Å²) in [4.78, 5) is 38.4. The molecule has 0 heterocycles. The first-order valence-electron chi connectivity index (χ1n) is 34.3. The summed E-state index contributed by atoms with van der Waals surface area (Å²) in [6.45, 7) is 6.40. The zero-order chi connectivity index (χ0) is 59.9. The predicted molar refractivity (Wildman–Crippen MR) is 362 cm³/mol. The number of ether oxygens (including phenoxy) is 3. The van der Waals surface area contributed by atoms with Crippen LogP contribution in [0.3, 0.4) is 0 Å². The van der Waals surface area contributed by atoms with Crippen LogP contribution in [0.1, 0.15) is 303 Å². The fraction of sp³-hybridized carbons (Fsp3) is 0.649. The third-order valence-corrected chi connectivity index (χ3v) is 14.3. The van der Waals surface area contributed by atoms with E-state index < -0.39 is 6.10 Å². The lowest BCUT2D eigenvalue weighted by molar-refractivity contribution is -0.167. The molecule has 0 saturated carbocycles. The van der Waals surface area contributed by atoms with E-state index in [9.17, 15) is 14.4 Å². The van der Waals surface area contributed by atoms with Crippen molar-refractivity contribution in [3.63, 3.8) is 0 Å². The van der Waals surface area contributed by atoms with Gasteiger partial charge in [-0.15, -0.1) is 0 Å². The smallest absolute Gasteiger partial charge is 0.306 e. The van der Waals surface area contributed by atoms with E-state index in [1.165, 1.54) is 128 Å². The Kier molecular flexibility index (Phi) is 65.8. The van der Waals surface area contributed by atoms with E-state index in [-0.39, 0.29) is 31.1 Å². The van der Waals surface area contributed by atoms with Gasteiger partial charge in [0.25, 0.3) is 0 Å². The molecule has 0 saturated heterocycles. The van der Waals surface area contributed by atoms with Crippen LogP contribution in [0.25, 0.3) is 0 Å². The van der Waals surface area contributed by atoms with Gasteiger partial charge in [0.2, 0.25) is 0 Å². The van der Waals surface area contributed by atoms with E-state index in [4.69, 9.17) is 14.2 Å². The topological polar surface area (TPSA) is 78.9 Å². The number of hydrogen-bond acceptors (Lipinski definition) is 6. The Hall–Kier alpha value is -4.71. The standard InChI is InChI=1S/C77H126O6/c1-4-7-10-13-16-19-22-25-28-30-32-34-36-37-38-39-41-42-44-46-49-52-55-58-61-64-67-70-76(79)82-73-74(72-81-75(78)69-66-63-60-57-54-51-48-27-24-21-18-15-12-9-6-3)83-77(80)71-68-65-62-59-56-53-50-47-45-43-40-35-33-31-29-26-23-20-17-14-11-8-5-2/h7-8,10-11,16-17,19-20,25-26,28-29,32-35,37-38,41-42,46,49,55,58,74H,4-6,9,12-15,18,21-24,27,30-31,36,39-40,43-45,47-48,50-54,56-57,59-73H2,1-3H3/b10-7-,11-8-,19-16-,20-17-,28-25-,29-26-,34-32-,35-33-,38-37-,42-41-,49-46-,58-55-. The highest BCUT2D eigenvalue weighted by Gasteiger charge is 2.19. The van der Waals surface area contributed by atoms with Crippen LogP contribution in [-0.2, 0) is 28.6 Å².